The van der Waals surface area contributed by atoms with Gasteiger partial charge < -0.3 is 10.6 Å². The average molecular weight is 258 g/mol. The molecule has 2 aliphatic rings. The average Bonchev–Trinajstić information content (AvgIpc) is 3.10. The molecular weight excluding hydrogens is 236 g/mol. The summed E-state index contributed by atoms with van der Waals surface area (Å²) in [6, 6.07) is 7.62. The Morgan fingerprint density at radius 1 is 1.32 bits per heavy atom. The van der Waals surface area contributed by atoms with E-state index < -0.39 is 0 Å². The highest BCUT2D eigenvalue weighted by Crippen LogP contribution is 2.31. The summed E-state index contributed by atoms with van der Waals surface area (Å²) in [5, 5.41) is 6.56. The number of hydrogen-bond acceptors (Lipinski definition) is 2. The van der Waals surface area contributed by atoms with Crippen LogP contribution in [0.25, 0.3) is 0 Å². The van der Waals surface area contributed by atoms with Gasteiger partial charge in [-0.15, -0.1) is 0 Å². The SMILES string of the molecule is Cc1ccc2c(c1)C(NCCC(=O)NC1CC1)CC2. The molecule has 1 atom stereocenters. The van der Waals surface area contributed by atoms with Gasteiger partial charge in [-0.2, -0.15) is 0 Å². The predicted octanol–water partition coefficient (Wildman–Crippen LogP) is 2.24. The van der Waals surface area contributed by atoms with E-state index in [1.807, 2.05) is 0 Å². The van der Waals surface area contributed by atoms with Crippen LogP contribution in [0.3, 0.4) is 0 Å². The predicted molar refractivity (Wildman–Crippen MR) is 76.0 cm³/mol. The van der Waals surface area contributed by atoms with Crippen molar-refractivity contribution in [1.82, 2.24) is 10.6 Å². The van der Waals surface area contributed by atoms with Gasteiger partial charge in [0.05, 0.1) is 0 Å². The smallest absolute Gasteiger partial charge is 0.221 e. The van der Waals surface area contributed by atoms with Crippen LogP contribution >= 0.6 is 0 Å². The van der Waals surface area contributed by atoms with Crippen molar-refractivity contribution < 1.29 is 4.79 Å². The first-order valence-corrected chi connectivity index (χ1v) is 7.34. The normalized spacial score (nSPS) is 21.2. The zero-order valence-corrected chi connectivity index (χ0v) is 11.5. The maximum Gasteiger partial charge on any atom is 0.221 e. The summed E-state index contributed by atoms with van der Waals surface area (Å²) in [6.07, 6.45) is 5.22. The second-order valence-electron chi connectivity index (χ2n) is 5.84. The Morgan fingerprint density at radius 2 is 2.16 bits per heavy atom. The van der Waals surface area contributed by atoms with E-state index in [0.29, 0.717) is 18.5 Å². The molecule has 3 rings (SSSR count). The Bertz CT molecular complexity index is 480. The second kappa shape index (κ2) is 5.33. The van der Waals surface area contributed by atoms with Crippen LogP contribution in [0, 0.1) is 6.92 Å². The molecule has 1 unspecified atom stereocenters. The maximum absolute atomic E-state index is 11.6. The number of fused-ring (bicyclic) bond motifs is 1. The monoisotopic (exact) mass is 258 g/mol. The quantitative estimate of drug-likeness (QED) is 0.850. The first-order chi connectivity index (χ1) is 9.22. The van der Waals surface area contributed by atoms with Gasteiger partial charge in [0.1, 0.15) is 0 Å². The van der Waals surface area contributed by atoms with Gasteiger partial charge in [-0.25, -0.2) is 0 Å². The summed E-state index contributed by atoms with van der Waals surface area (Å²) in [5.41, 5.74) is 4.21. The summed E-state index contributed by atoms with van der Waals surface area (Å²) in [4.78, 5) is 11.6. The van der Waals surface area contributed by atoms with Crippen LogP contribution in [0.1, 0.15) is 48.4 Å². The number of aryl methyl sites for hydroxylation is 2. The van der Waals surface area contributed by atoms with E-state index in [1.165, 1.54) is 16.7 Å². The molecule has 0 aliphatic heterocycles. The lowest BCUT2D eigenvalue weighted by molar-refractivity contribution is -0.121. The molecule has 3 heteroatoms. The number of benzene rings is 1. The highest BCUT2D eigenvalue weighted by molar-refractivity contribution is 5.76. The van der Waals surface area contributed by atoms with Crippen molar-refractivity contribution in [3.05, 3.63) is 34.9 Å². The third-order valence-corrected chi connectivity index (χ3v) is 4.06. The Balaban J connectivity index is 1.49. The van der Waals surface area contributed by atoms with Gasteiger partial charge in [-0.3, -0.25) is 4.79 Å². The van der Waals surface area contributed by atoms with E-state index in [0.717, 1.165) is 32.2 Å². The molecule has 3 nitrogen and oxygen atoms in total. The molecule has 2 aliphatic carbocycles. The van der Waals surface area contributed by atoms with Crippen LogP contribution in [0.15, 0.2) is 18.2 Å². The molecule has 0 heterocycles. The van der Waals surface area contributed by atoms with Crippen molar-refractivity contribution in [1.29, 1.82) is 0 Å². The van der Waals surface area contributed by atoms with E-state index in [4.69, 9.17) is 0 Å². The fraction of sp³-hybridized carbons (Fsp3) is 0.562. The molecule has 1 aromatic rings. The van der Waals surface area contributed by atoms with Gasteiger partial charge >= 0.3 is 0 Å². The van der Waals surface area contributed by atoms with Gasteiger partial charge in [0, 0.05) is 25.0 Å². The number of hydrogen-bond donors (Lipinski definition) is 2. The topological polar surface area (TPSA) is 41.1 Å². The third kappa shape index (κ3) is 3.16. The zero-order chi connectivity index (χ0) is 13.2. The molecule has 2 N–H and O–H groups in total. The lowest BCUT2D eigenvalue weighted by Gasteiger charge is -2.14. The highest BCUT2D eigenvalue weighted by atomic mass is 16.1. The van der Waals surface area contributed by atoms with Crippen molar-refractivity contribution in [3.63, 3.8) is 0 Å². The lowest BCUT2D eigenvalue weighted by Crippen LogP contribution is -2.30. The molecule has 1 saturated carbocycles. The summed E-state index contributed by atoms with van der Waals surface area (Å²) in [7, 11) is 0. The van der Waals surface area contributed by atoms with E-state index in [9.17, 15) is 4.79 Å². The molecule has 1 fully saturated rings. The minimum absolute atomic E-state index is 0.192. The molecule has 0 radical (unpaired) electrons. The molecule has 102 valence electrons. The van der Waals surface area contributed by atoms with E-state index in [2.05, 4.69) is 35.8 Å². The van der Waals surface area contributed by atoms with Gasteiger partial charge in [0.25, 0.3) is 0 Å². The van der Waals surface area contributed by atoms with E-state index in [-0.39, 0.29) is 5.91 Å². The first-order valence-electron chi connectivity index (χ1n) is 7.34. The summed E-state index contributed by atoms with van der Waals surface area (Å²) >= 11 is 0. The zero-order valence-electron chi connectivity index (χ0n) is 11.5. The number of carbonyl (C=O) groups is 1. The standard InChI is InChI=1S/C16H22N2O/c1-11-2-3-12-4-7-15(14(12)10-11)17-9-8-16(19)18-13-5-6-13/h2-3,10,13,15,17H,4-9H2,1H3,(H,18,19). The summed E-state index contributed by atoms with van der Waals surface area (Å²) in [6.45, 7) is 2.91. The number of amides is 1. The van der Waals surface area contributed by atoms with Crippen LogP contribution in [0.2, 0.25) is 0 Å². The van der Waals surface area contributed by atoms with Crippen LogP contribution < -0.4 is 10.6 Å². The van der Waals surface area contributed by atoms with Crippen molar-refractivity contribution in [2.75, 3.05) is 6.54 Å². The number of rotatable bonds is 5. The minimum Gasteiger partial charge on any atom is -0.353 e. The van der Waals surface area contributed by atoms with Crippen molar-refractivity contribution in [3.8, 4) is 0 Å². The molecule has 0 spiro atoms. The Hall–Kier alpha value is -1.35. The van der Waals surface area contributed by atoms with E-state index >= 15 is 0 Å². The molecule has 1 aromatic carbocycles. The molecule has 0 aromatic heterocycles. The molecule has 0 saturated heterocycles. The largest absolute Gasteiger partial charge is 0.353 e. The van der Waals surface area contributed by atoms with Crippen molar-refractivity contribution in [2.24, 2.45) is 0 Å². The molecular formula is C16H22N2O. The van der Waals surface area contributed by atoms with Crippen molar-refractivity contribution >= 4 is 5.91 Å². The second-order valence-corrected chi connectivity index (χ2v) is 5.84. The summed E-state index contributed by atoms with van der Waals surface area (Å²) < 4.78 is 0. The Labute approximate surface area is 114 Å². The van der Waals surface area contributed by atoms with Crippen LogP contribution in [0.5, 0.6) is 0 Å². The van der Waals surface area contributed by atoms with Gasteiger partial charge in [-0.05, 0) is 43.7 Å². The van der Waals surface area contributed by atoms with E-state index in [1.54, 1.807) is 0 Å². The minimum atomic E-state index is 0.192. The Morgan fingerprint density at radius 3 is 2.95 bits per heavy atom. The number of nitrogens with one attached hydrogen (secondary N) is 2. The summed E-state index contributed by atoms with van der Waals surface area (Å²) in [5.74, 6) is 0.192. The fourth-order valence-electron chi connectivity index (χ4n) is 2.82. The highest BCUT2D eigenvalue weighted by Gasteiger charge is 2.24. The third-order valence-electron chi connectivity index (χ3n) is 4.06. The van der Waals surface area contributed by atoms with Crippen LogP contribution in [0.4, 0.5) is 0 Å². The van der Waals surface area contributed by atoms with Gasteiger partial charge in [-0.1, -0.05) is 23.8 Å². The van der Waals surface area contributed by atoms with Gasteiger partial charge in [0.2, 0.25) is 5.91 Å². The fourth-order valence-corrected chi connectivity index (χ4v) is 2.82. The first kappa shape index (κ1) is 12.7. The molecule has 0 bridgehead atoms. The molecule has 1 amide bonds. The van der Waals surface area contributed by atoms with Gasteiger partial charge in [0.15, 0.2) is 0 Å². The molecule has 19 heavy (non-hydrogen) atoms. The maximum atomic E-state index is 11.6. The van der Waals surface area contributed by atoms with Crippen LogP contribution in [-0.4, -0.2) is 18.5 Å². The van der Waals surface area contributed by atoms with Crippen LogP contribution in [-0.2, 0) is 11.2 Å². The lowest BCUT2D eigenvalue weighted by atomic mass is 10.1. The number of carbonyl (C=O) groups excluding carboxylic acids is 1. The van der Waals surface area contributed by atoms with Crippen molar-refractivity contribution in [2.45, 2.75) is 51.1 Å². The Kier molecular flexibility index (Phi) is 3.56.